The summed E-state index contributed by atoms with van der Waals surface area (Å²) in [5.74, 6) is -1.39. The van der Waals surface area contributed by atoms with Crippen molar-refractivity contribution < 1.29 is 14.7 Å². The molecule has 98 valence electrons. The molecule has 1 amide bonds. The number of aliphatic carboxylic acids is 1. The van der Waals surface area contributed by atoms with E-state index in [2.05, 4.69) is 5.32 Å². The van der Waals surface area contributed by atoms with E-state index in [1.807, 2.05) is 31.2 Å². The Labute approximate surface area is 107 Å². The van der Waals surface area contributed by atoms with Gasteiger partial charge in [-0.15, -0.1) is 0 Å². The van der Waals surface area contributed by atoms with E-state index in [-0.39, 0.29) is 18.2 Å². The van der Waals surface area contributed by atoms with Gasteiger partial charge in [0.25, 0.3) is 0 Å². The van der Waals surface area contributed by atoms with E-state index < -0.39 is 12.0 Å². The molecule has 0 bridgehead atoms. The monoisotopic (exact) mass is 249 g/mol. The molecule has 4 heteroatoms. The van der Waals surface area contributed by atoms with Gasteiger partial charge in [-0.05, 0) is 24.0 Å². The average Bonchev–Trinajstić information content (AvgIpc) is 2.28. The number of carboxylic acids is 1. The van der Waals surface area contributed by atoms with Crippen molar-refractivity contribution in [1.82, 2.24) is 5.32 Å². The van der Waals surface area contributed by atoms with E-state index >= 15 is 0 Å². The second kappa shape index (κ2) is 6.19. The van der Waals surface area contributed by atoms with Crippen LogP contribution in [-0.4, -0.2) is 23.0 Å². The first-order chi connectivity index (χ1) is 8.41. The molecule has 0 aliphatic heterocycles. The highest BCUT2D eigenvalue weighted by molar-refractivity contribution is 5.85. The Balaban J connectivity index is 2.67. The van der Waals surface area contributed by atoms with Crippen LogP contribution in [0.2, 0.25) is 0 Å². The minimum atomic E-state index is -0.997. The molecule has 1 aromatic carbocycles. The summed E-state index contributed by atoms with van der Waals surface area (Å²) in [5, 5.41) is 11.6. The normalized spacial score (nSPS) is 12.2. The van der Waals surface area contributed by atoms with E-state index in [4.69, 9.17) is 5.11 Å². The predicted molar refractivity (Wildman–Crippen MR) is 69.3 cm³/mol. The van der Waals surface area contributed by atoms with Gasteiger partial charge in [-0.3, -0.25) is 4.79 Å². The fourth-order valence-corrected chi connectivity index (χ4v) is 1.72. The number of carboxylic acid groups (broad SMARTS) is 1. The van der Waals surface area contributed by atoms with Crippen molar-refractivity contribution in [2.75, 3.05) is 0 Å². The van der Waals surface area contributed by atoms with Crippen molar-refractivity contribution in [3.8, 4) is 0 Å². The van der Waals surface area contributed by atoms with Crippen LogP contribution in [0.15, 0.2) is 24.3 Å². The Morgan fingerprint density at radius 3 is 2.39 bits per heavy atom. The van der Waals surface area contributed by atoms with Crippen LogP contribution in [0.25, 0.3) is 0 Å². The van der Waals surface area contributed by atoms with Crippen molar-refractivity contribution >= 4 is 11.9 Å². The minimum absolute atomic E-state index is 0.136. The van der Waals surface area contributed by atoms with Crippen LogP contribution in [0.1, 0.15) is 25.0 Å². The number of benzene rings is 1. The molecule has 0 heterocycles. The van der Waals surface area contributed by atoms with Crippen LogP contribution in [-0.2, 0) is 16.0 Å². The first-order valence-electron chi connectivity index (χ1n) is 5.98. The standard InChI is InChI=1S/C14H19NO3/c1-9(2)13(14(17)18)15-12(16)8-11-7-5-4-6-10(11)3/h4-7,9,13H,8H2,1-3H3,(H,15,16)(H,17,18)/t13-/m0/s1. The Bertz CT molecular complexity index is 440. The first-order valence-corrected chi connectivity index (χ1v) is 5.98. The molecule has 0 aliphatic rings. The van der Waals surface area contributed by atoms with Crippen LogP contribution in [0.5, 0.6) is 0 Å². The summed E-state index contributed by atoms with van der Waals surface area (Å²) in [6.07, 6.45) is 0.211. The number of hydrogen-bond acceptors (Lipinski definition) is 2. The van der Waals surface area contributed by atoms with E-state index in [1.165, 1.54) is 0 Å². The Hall–Kier alpha value is -1.84. The molecule has 0 saturated carbocycles. The zero-order valence-electron chi connectivity index (χ0n) is 10.9. The van der Waals surface area contributed by atoms with E-state index in [1.54, 1.807) is 13.8 Å². The molecule has 0 radical (unpaired) electrons. The molecule has 0 aliphatic carbocycles. The lowest BCUT2D eigenvalue weighted by molar-refractivity contribution is -0.143. The zero-order valence-corrected chi connectivity index (χ0v) is 10.9. The van der Waals surface area contributed by atoms with Crippen LogP contribution in [0, 0.1) is 12.8 Å². The van der Waals surface area contributed by atoms with Crippen LogP contribution in [0.3, 0.4) is 0 Å². The fourth-order valence-electron chi connectivity index (χ4n) is 1.72. The van der Waals surface area contributed by atoms with Gasteiger partial charge in [-0.1, -0.05) is 38.1 Å². The van der Waals surface area contributed by atoms with Crippen LogP contribution < -0.4 is 5.32 Å². The predicted octanol–water partition coefficient (Wildman–Crippen LogP) is 1.76. The Morgan fingerprint density at radius 2 is 1.89 bits per heavy atom. The van der Waals surface area contributed by atoms with Crippen molar-refractivity contribution in [2.45, 2.75) is 33.2 Å². The van der Waals surface area contributed by atoms with Gasteiger partial charge in [-0.2, -0.15) is 0 Å². The number of hydrogen-bond donors (Lipinski definition) is 2. The molecule has 1 rings (SSSR count). The van der Waals surface area contributed by atoms with Crippen molar-refractivity contribution in [1.29, 1.82) is 0 Å². The Kier molecular flexibility index (Phi) is 4.89. The third-order valence-corrected chi connectivity index (χ3v) is 2.86. The number of amides is 1. The van der Waals surface area contributed by atoms with Crippen molar-refractivity contribution in [2.24, 2.45) is 5.92 Å². The van der Waals surface area contributed by atoms with E-state index in [0.29, 0.717) is 0 Å². The largest absolute Gasteiger partial charge is 0.480 e. The molecule has 2 N–H and O–H groups in total. The number of rotatable bonds is 5. The zero-order chi connectivity index (χ0) is 13.7. The molecule has 4 nitrogen and oxygen atoms in total. The third-order valence-electron chi connectivity index (χ3n) is 2.86. The summed E-state index contributed by atoms with van der Waals surface area (Å²) in [5.41, 5.74) is 1.95. The molecule has 1 aromatic rings. The number of carbonyl (C=O) groups is 2. The SMILES string of the molecule is Cc1ccccc1CC(=O)N[C@H](C(=O)O)C(C)C. The molecule has 0 unspecified atom stereocenters. The van der Waals surface area contributed by atoms with Crippen molar-refractivity contribution in [3.63, 3.8) is 0 Å². The molecular weight excluding hydrogens is 230 g/mol. The highest BCUT2D eigenvalue weighted by Crippen LogP contribution is 2.08. The highest BCUT2D eigenvalue weighted by atomic mass is 16.4. The summed E-state index contributed by atoms with van der Waals surface area (Å²) in [6.45, 7) is 5.47. The van der Waals surface area contributed by atoms with Gasteiger partial charge in [0, 0.05) is 0 Å². The quantitative estimate of drug-likeness (QED) is 0.835. The maximum atomic E-state index is 11.8. The smallest absolute Gasteiger partial charge is 0.326 e. The number of carbonyl (C=O) groups excluding carboxylic acids is 1. The molecule has 18 heavy (non-hydrogen) atoms. The lowest BCUT2D eigenvalue weighted by Gasteiger charge is -2.18. The Morgan fingerprint density at radius 1 is 1.28 bits per heavy atom. The molecular formula is C14H19NO3. The highest BCUT2D eigenvalue weighted by Gasteiger charge is 2.23. The molecule has 1 atom stereocenters. The van der Waals surface area contributed by atoms with Gasteiger partial charge in [-0.25, -0.2) is 4.79 Å². The van der Waals surface area contributed by atoms with Gasteiger partial charge in [0.1, 0.15) is 6.04 Å². The van der Waals surface area contributed by atoms with Gasteiger partial charge < -0.3 is 10.4 Å². The fraction of sp³-hybridized carbons (Fsp3) is 0.429. The lowest BCUT2D eigenvalue weighted by Crippen LogP contribution is -2.44. The van der Waals surface area contributed by atoms with Crippen LogP contribution >= 0.6 is 0 Å². The van der Waals surface area contributed by atoms with Crippen LogP contribution in [0.4, 0.5) is 0 Å². The number of aryl methyl sites for hydroxylation is 1. The second-order valence-electron chi connectivity index (χ2n) is 4.73. The van der Waals surface area contributed by atoms with Gasteiger partial charge in [0.15, 0.2) is 0 Å². The summed E-state index contributed by atoms with van der Waals surface area (Å²) < 4.78 is 0. The van der Waals surface area contributed by atoms with E-state index in [9.17, 15) is 9.59 Å². The lowest BCUT2D eigenvalue weighted by atomic mass is 10.0. The van der Waals surface area contributed by atoms with Gasteiger partial charge in [0.2, 0.25) is 5.91 Å². The summed E-state index contributed by atoms with van der Waals surface area (Å²) in [6, 6.07) is 6.75. The summed E-state index contributed by atoms with van der Waals surface area (Å²) in [4.78, 5) is 22.8. The molecule has 0 spiro atoms. The topological polar surface area (TPSA) is 66.4 Å². The third kappa shape index (κ3) is 3.87. The summed E-state index contributed by atoms with van der Waals surface area (Å²) >= 11 is 0. The maximum absolute atomic E-state index is 11.8. The van der Waals surface area contributed by atoms with E-state index in [0.717, 1.165) is 11.1 Å². The second-order valence-corrected chi connectivity index (χ2v) is 4.73. The summed E-state index contributed by atoms with van der Waals surface area (Å²) in [7, 11) is 0. The minimum Gasteiger partial charge on any atom is -0.480 e. The molecule has 0 aromatic heterocycles. The average molecular weight is 249 g/mol. The first kappa shape index (κ1) is 14.2. The maximum Gasteiger partial charge on any atom is 0.326 e. The number of nitrogens with one attached hydrogen (secondary N) is 1. The molecule has 0 fully saturated rings. The molecule has 0 saturated heterocycles. The van der Waals surface area contributed by atoms with Gasteiger partial charge >= 0.3 is 5.97 Å². The van der Waals surface area contributed by atoms with Gasteiger partial charge in [0.05, 0.1) is 6.42 Å². The van der Waals surface area contributed by atoms with Crippen molar-refractivity contribution in [3.05, 3.63) is 35.4 Å².